The molecule has 12 heavy (non-hydrogen) atoms. The molecule has 1 aliphatic heterocycles. The summed E-state index contributed by atoms with van der Waals surface area (Å²) in [4.78, 5) is 0. The van der Waals surface area contributed by atoms with Gasteiger partial charge < -0.3 is 0 Å². The highest BCUT2D eigenvalue weighted by Gasteiger charge is 2.38. The summed E-state index contributed by atoms with van der Waals surface area (Å²) in [6.07, 6.45) is 0. The molecule has 0 amide bonds. The van der Waals surface area contributed by atoms with Gasteiger partial charge in [-0.15, -0.1) is 35.3 Å². The van der Waals surface area contributed by atoms with Crippen molar-refractivity contribution in [3.8, 4) is 0 Å². The molecule has 0 aromatic carbocycles. The zero-order chi connectivity index (χ0) is 8.81. The third kappa shape index (κ3) is 4.58. The van der Waals surface area contributed by atoms with Crippen molar-refractivity contribution in [1.82, 2.24) is 0 Å². The molecule has 0 saturated carbocycles. The third-order valence-electron chi connectivity index (χ3n) is 1.46. The van der Waals surface area contributed by atoms with E-state index in [-0.39, 0.29) is 0 Å². The smallest absolute Gasteiger partial charge is 0.0724 e. The van der Waals surface area contributed by atoms with E-state index in [2.05, 4.69) is 60.9 Å². The van der Waals surface area contributed by atoms with E-state index in [9.17, 15) is 0 Å². The van der Waals surface area contributed by atoms with E-state index >= 15 is 0 Å². The molecule has 1 heterocycles. The third-order valence-corrected chi connectivity index (χ3v) is 7.36. The Labute approximate surface area is 92.8 Å². The van der Waals surface area contributed by atoms with Crippen LogP contribution in [0.1, 0.15) is 13.8 Å². The molecule has 1 fully saturated rings. The van der Waals surface area contributed by atoms with Crippen LogP contribution in [0.15, 0.2) is 0 Å². The molecule has 1 saturated heterocycles. The van der Waals surface area contributed by atoms with E-state index in [0.717, 1.165) is 9.16 Å². The molecule has 0 bridgehead atoms. The Morgan fingerprint density at radius 3 is 2.42 bits per heavy atom. The summed E-state index contributed by atoms with van der Waals surface area (Å²) in [5, 5.41) is 0. The molecule has 0 aliphatic carbocycles. The van der Waals surface area contributed by atoms with E-state index in [1.165, 1.54) is 23.0 Å². The van der Waals surface area contributed by atoms with Gasteiger partial charge in [0.2, 0.25) is 0 Å². The standard InChI is InChI=1S/C8H16S4/c1-3-9-5-6-11-8-7(12-8)10-4-2/h7-8H,3-6H2,1-2H3. The first kappa shape index (κ1) is 11.5. The number of hydrogen-bond acceptors (Lipinski definition) is 4. The van der Waals surface area contributed by atoms with Crippen molar-refractivity contribution >= 4 is 47.0 Å². The van der Waals surface area contributed by atoms with Crippen LogP contribution in [0.25, 0.3) is 0 Å². The number of thioether (sulfide) groups is 4. The van der Waals surface area contributed by atoms with Crippen LogP contribution in [0.3, 0.4) is 0 Å². The van der Waals surface area contributed by atoms with E-state index < -0.39 is 0 Å². The van der Waals surface area contributed by atoms with Crippen LogP contribution >= 0.6 is 47.0 Å². The SMILES string of the molecule is CCSCCSC1SC1SCC. The first-order chi connectivity index (χ1) is 5.88. The molecule has 2 unspecified atom stereocenters. The van der Waals surface area contributed by atoms with Crippen molar-refractivity contribution in [3.05, 3.63) is 0 Å². The summed E-state index contributed by atoms with van der Waals surface area (Å²) in [7, 11) is 0. The minimum absolute atomic E-state index is 0.923. The van der Waals surface area contributed by atoms with Gasteiger partial charge in [0.05, 0.1) is 9.16 Å². The van der Waals surface area contributed by atoms with Crippen molar-refractivity contribution in [2.45, 2.75) is 23.0 Å². The van der Waals surface area contributed by atoms with E-state index in [0.29, 0.717) is 0 Å². The predicted molar refractivity (Wildman–Crippen MR) is 68.8 cm³/mol. The largest absolute Gasteiger partial charge is 0.161 e. The zero-order valence-corrected chi connectivity index (χ0v) is 10.9. The van der Waals surface area contributed by atoms with Crippen LogP contribution in [0, 0.1) is 0 Å². The van der Waals surface area contributed by atoms with Gasteiger partial charge in [-0.25, -0.2) is 0 Å². The summed E-state index contributed by atoms with van der Waals surface area (Å²) in [5.74, 6) is 5.22. The van der Waals surface area contributed by atoms with Gasteiger partial charge >= 0.3 is 0 Å². The highest BCUT2D eigenvalue weighted by molar-refractivity contribution is 8.32. The lowest BCUT2D eigenvalue weighted by molar-refractivity contribution is 1.44. The van der Waals surface area contributed by atoms with Crippen molar-refractivity contribution in [2.24, 2.45) is 0 Å². The lowest BCUT2D eigenvalue weighted by atomic mass is 10.9. The lowest BCUT2D eigenvalue weighted by Crippen LogP contribution is -1.90. The van der Waals surface area contributed by atoms with E-state index in [4.69, 9.17) is 0 Å². The van der Waals surface area contributed by atoms with E-state index in [1.54, 1.807) is 0 Å². The maximum absolute atomic E-state index is 2.25. The van der Waals surface area contributed by atoms with Gasteiger partial charge in [0.15, 0.2) is 0 Å². The summed E-state index contributed by atoms with van der Waals surface area (Å²) < 4.78 is 1.85. The van der Waals surface area contributed by atoms with Crippen molar-refractivity contribution in [1.29, 1.82) is 0 Å². The topological polar surface area (TPSA) is 0 Å². The maximum atomic E-state index is 2.25. The Hall–Kier alpha value is 1.40. The van der Waals surface area contributed by atoms with Gasteiger partial charge in [0.1, 0.15) is 0 Å². The van der Waals surface area contributed by atoms with Crippen LogP contribution in [-0.4, -0.2) is 32.2 Å². The molecular formula is C8H16S4. The Morgan fingerprint density at radius 1 is 1.00 bits per heavy atom. The summed E-state index contributed by atoms with van der Waals surface area (Å²) in [6, 6.07) is 0. The Morgan fingerprint density at radius 2 is 1.75 bits per heavy atom. The molecule has 0 radical (unpaired) electrons. The van der Waals surface area contributed by atoms with Crippen LogP contribution in [-0.2, 0) is 0 Å². The van der Waals surface area contributed by atoms with Crippen LogP contribution in [0.4, 0.5) is 0 Å². The van der Waals surface area contributed by atoms with Gasteiger partial charge in [-0.05, 0) is 11.5 Å². The number of hydrogen-bond donors (Lipinski definition) is 0. The Bertz CT molecular complexity index is 118. The lowest BCUT2D eigenvalue weighted by Gasteiger charge is -1.97. The van der Waals surface area contributed by atoms with Crippen LogP contribution in [0.5, 0.6) is 0 Å². The highest BCUT2D eigenvalue weighted by atomic mass is 32.2. The van der Waals surface area contributed by atoms with Crippen LogP contribution < -0.4 is 0 Å². The predicted octanol–water partition coefficient (Wildman–Crippen LogP) is 3.62. The minimum atomic E-state index is 0.923. The fourth-order valence-corrected chi connectivity index (χ4v) is 6.25. The Kier molecular flexibility index (Phi) is 6.50. The van der Waals surface area contributed by atoms with Crippen molar-refractivity contribution in [3.63, 3.8) is 0 Å². The minimum Gasteiger partial charge on any atom is -0.161 e. The molecular weight excluding hydrogens is 224 g/mol. The molecule has 0 nitrogen and oxygen atoms in total. The second kappa shape index (κ2) is 6.80. The van der Waals surface area contributed by atoms with Crippen molar-refractivity contribution < 1.29 is 0 Å². The summed E-state index contributed by atoms with van der Waals surface area (Å²) in [5.41, 5.74) is 0. The highest BCUT2D eigenvalue weighted by Crippen LogP contribution is 2.54. The fourth-order valence-electron chi connectivity index (χ4n) is 0.854. The molecule has 2 atom stereocenters. The van der Waals surface area contributed by atoms with Crippen LogP contribution in [0.2, 0.25) is 0 Å². The van der Waals surface area contributed by atoms with Crippen molar-refractivity contribution in [2.75, 3.05) is 23.0 Å². The summed E-state index contributed by atoms with van der Waals surface area (Å²) in [6.45, 7) is 4.48. The maximum Gasteiger partial charge on any atom is 0.0724 e. The number of rotatable bonds is 7. The van der Waals surface area contributed by atoms with Gasteiger partial charge in [0.25, 0.3) is 0 Å². The quantitative estimate of drug-likeness (QED) is 0.492. The second-order valence-electron chi connectivity index (χ2n) is 2.40. The van der Waals surface area contributed by atoms with E-state index in [1.807, 2.05) is 0 Å². The molecule has 0 spiro atoms. The monoisotopic (exact) mass is 240 g/mol. The molecule has 0 aromatic rings. The van der Waals surface area contributed by atoms with Gasteiger partial charge in [-0.2, -0.15) is 11.8 Å². The fraction of sp³-hybridized carbons (Fsp3) is 1.00. The molecule has 4 heteroatoms. The molecule has 1 rings (SSSR count). The molecule has 0 aromatic heterocycles. The molecule has 0 N–H and O–H groups in total. The van der Waals surface area contributed by atoms with Gasteiger partial charge in [0, 0.05) is 11.5 Å². The molecule has 1 aliphatic rings. The first-order valence-corrected chi connectivity index (χ1v) is 8.54. The first-order valence-electron chi connectivity index (χ1n) is 4.35. The second-order valence-corrected chi connectivity index (χ2v) is 8.34. The zero-order valence-electron chi connectivity index (χ0n) is 7.62. The normalized spacial score (nSPS) is 27.5. The average Bonchev–Trinajstić information content (AvgIpc) is 2.79. The Balaban J connectivity index is 1.83. The molecule has 72 valence electrons. The summed E-state index contributed by atoms with van der Waals surface area (Å²) >= 11 is 8.45. The average molecular weight is 240 g/mol. The van der Waals surface area contributed by atoms with Gasteiger partial charge in [-0.1, -0.05) is 13.8 Å². The van der Waals surface area contributed by atoms with Gasteiger partial charge in [-0.3, -0.25) is 0 Å².